The maximum absolute atomic E-state index is 11.9. The number of ether oxygens (including phenoxy) is 1. The van der Waals surface area contributed by atoms with E-state index in [0.717, 1.165) is 5.75 Å². The Morgan fingerprint density at radius 1 is 1.50 bits per heavy atom. The van der Waals surface area contributed by atoms with Crippen molar-refractivity contribution in [3.8, 4) is 0 Å². The maximum atomic E-state index is 11.9. The number of amides is 2. The Bertz CT molecular complexity index is 314. The number of nitrogens with one attached hydrogen (secondary N) is 1. The van der Waals surface area contributed by atoms with Crippen LogP contribution in [0.15, 0.2) is 0 Å². The highest BCUT2D eigenvalue weighted by atomic mass is 32.2. The lowest BCUT2D eigenvalue weighted by molar-refractivity contribution is -0.173. The molecule has 1 rings (SSSR count). The van der Waals surface area contributed by atoms with E-state index in [1.807, 2.05) is 11.8 Å². The van der Waals surface area contributed by atoms with Crippen LogP contribution in [-0.4, -0.2) is 61.0 Å². The van der Waals surface area contributed by atoms with Gasteiger partial charge in [0.25, 0.3) is 0 Å². The Balaban J connectivity index is 2.19. The molecule has 2 amide bonds. The van der Waals surface area contributed by atoms with Gasteiger partial charge in [-0.1, -0.05) is 13.8 Å². The molecule has 1 aliphatic rings. The van der Waals surface area contributed by atoms with Crippen LogP contribution >= 0.6 is 11.8 Å². The van der Waals surface area contributed by atoms with E-state index in [1.54, 1.807) is 4.90 Å². The third-order valence-electron chi connectivity index (χ3n) is 2.91. The van der Waals surface area contributed by atoms with Crippen molar-refractivity contribution in [2.75, 3.05) is 38.6 Å². The van der Waals surface area contributed by atoms with Gasteiger partial charge in [-0.2, -0.15) is 24.9 Å². The molecule has 20 heavy (non-hydrogen) atoms. The average molecular weight is 314 g/mol. The topological polar surface area (TPSA) is 41.6 Å². The molecule has 1 heterocycles. The molecular weight excluding hydrogens is 293 g/mol. The van der Waals surface area contributed by atoms with Crippen LogP contribution < -0.4 is 5.32 Å². The summed E-state index contributed by atoms with van der Waals surface area (Å²) in [6.45, 7) is 4.25. The normalized spacial score (nSPS) is 20.3. The Hall–Kier alpha value is -0.630. The second-order valence-corrected chi connectivity index (χ2v) is 6.35. The number of halogens is 3. The highest BCUT2D eigenvalue weighted by molar-refractivity contribution is 8.00. The van der Waals surface area contributed by atoms with E-state index >= 15 is 0 Å². The van der Waals surface area contributed by atoms with Crippen LogP contribution in [0.5, 0.6) is 0 Å². The zero-order chi connectivity index (χ0) is 15.2. The number of rotatable bonds is 5. The molecule has 1 unspecified atom stereocenters. The van der Waals surface area contributed by atoms with Crippen molar-refractivity contribution in [3.63, 3.8) is 0 Å². The second kappa shape index (κ2) is 7.97. The molecule has 1 saturated heterocycles. The van der Waals surface area contributed by atoms with Crippen LogP contribution in [0.1, 0.15) is 13.8 Å². The van der Waals surface area contributed by atoms with Gasteiger partial charge in [-0.15, -0.1) is 0 Å². The fourth-order valence-electron chi connectivity index (χ4n) is 1.79. The highest BCUT2D eigenvalue weighted by Crippen LogP contribution is 2.24. The standard InChI is InChI=1S/C12H21F3N2O2S/c1-9(2)10-7-17(4-6-20-10)11(18)16-3-5-19-8-12(13,14)15/h9-10H,3-8H2,1-2H3,(H,16,18). The quantitative estimate of drug-likeness (QED) is 0.792. The SMILES string of the molecule is CC(C)C1CN(C(=O)NCCOCC(F)(F)F)CCS1. The third-order valence-corrected chi connectivity index (χ3v) is 4.45. The first kappa shape index (κ1) is 17.4. The molecule has 0 spiro atoms. The molecule has 8 heteroatoms. The summed E-state index contributed by atoms with van der Waals surface area (Å²) in [5, 5.41) is 3.00. The van der Waals surface area contributed by atoms with Gasteiger partial charge in [-0.05, 0) is 5.92 Å². The second-order valence-electron chi connectivity index (χ2n) is 5.00. The number of carbonyl (C=O) groups excluding carboxylic acids is 1. The van der Waals surface area contributed by atoms with Crippen LogP contribution in [0, 0.1) is 5.92 Å². The van der Waals surface area contributed by atoms with Gasteiger partial charge in [0, 0.05) is 30.6 Å². The van der Waals surface area contributed by atoms with Gasteiger partial charge in [0.05, 0.1) is 6.61 Å². The number of urea groups is 1. The van der Waals surface area contributed by atoms with Crippen molar-refractivity contribution in [3.05, 3.63) is 0 Å². The molecule has 0 radical (unpaired) electrons. The number of thioether (sulfide) groups is 1. The number of nitrogens with zero attached hydrogens (tertiary/aromatic N) is 1. The predicted octanol–water partition coefficient (Wildman–Crippen LogP) is 2.35. The molecule has 0 bridgehead atoms. The molecule has 0 aromatic carbocycles. The summed E-state index contributed by atoms with van der Waals surface area (Å²) >= 11 is 1.86. The molecule has 1 aliphatic heterocycles. The molecule has 0 aromatic rings. The van der Waals surface area contributed by atoms with E-state index in [1.165, 1.54) is 0 Å². The lowest BCUT2D eigenvalue weighted by Gasteiger charge is -2.34. The monoisotopic (exact) mass is 314 g/mol. The van der Waals surface area contributed by atoms with E-state index < -0.39 is 12.8 Å². The van der Waals surface area contributed by atoms with Crippen molar-refractivity contribution in [1.82, 2.24) is 10.2 Å². The minimum Gasteiger partial charge on any atom is -0.370 e. The summed E-state index contributed by atoms with van der Waals surface area (Å²) in [7, 11) is 0. The van der Waals surface area contributed by atoms with Crippen LogP contribution in [0.25, 0.3) is 0 Å². The first-order valence-corrected chi connectivity index (χ1v) is 7.63. The fourth-order valence-corrected chi connectivity index (χ4v) is 3.09. The molecule has 1 fully saturated rings. The lowest BCUT2D eigenvalue weighted by Crippen LogP contribution is -2.48. The zero-order valence-electron chi connectivity index (χ0n) is 11.7. The van der Waals surface area contributed by atoms with Crippen LogP contribution in [0.3, 0.4) is 0 Å². The third kappa shape index (κ3) is 6.69. The molecule has 1 atom stereocenters. The molecule has 0 aliphatic carbocycles. The molecule has 0 aromatic heterocycles. The maximum Gasteiger partial charge on any atom is 0.411 e. The largest absolute Gasteiger partial charge is 0.411 e. The van der Waals surface area contributed by atoms with Gasteiger partial charge in [0.15, 0.2) is 0 Å². The molecule has 118 valence electrons. The van der Waals surface area contributed by atoms with E-state index in [-0.39, 0.29) is 19.2 Å². The molecule has 1 N–H and O–H groups in total. The Morgan fingerprint density at radius 2 is 2.20 bits per heavy atom. The highest BCUT2D eigenvalue weighted by Gasteiger charge is 2.28. The Labute approximate surface area is 121 Å². The van der Waals surface area contributed by atoms with Gasteiger partial charge in [-0.25, -0.2) is 4.79 Å². The van der Waals surface area contributed by atoms with E-state index in [2.05, 4.69) is 23.9 Å². The van der Waals surface area contributed by atoms with Gasteiger partial charge in [0.1, 0.15) is 6.61 Å². The number of hydrogen-bond acceptors (Lipinski definition) is 3. The summed E-state index contributed by atoms with van der Waals surface area (Å²) in [5.41, 5.74) is 0. The van der Waals surface area contributed by atoms with Crippen molar-refractivity contribution < 1.29 is 22.7 Å². The van der Waals surface area contributed by atoms with E-state index in [4.69, 9.17) is 0 Å². The summed E-state index contributed by atoms with van der Waals surface area (Å²) in [5.74, 6) is 1.38. The van der Waals surface area contributed by atoms with E-state index in [0.29, 0.717) is 24.3 Å². The smallest absolute Gasteiger partial charge is 0.370 e. The summed E-state index contributed by atoms with van der Waals surface area (Å²) in [4.78, 5) is 13.6. The number of alkyl halides is 3. The molecular formula is C12H21F3N2O2S. The Kier molecular flexibility index (Phi) is 6.94. The average Bonchev–Trinajstić information content (AvgIpc) is 2.37. The van der Waals surface area contributed by atoms with Crippen molar-refractivity contribution in [2.24, 2.45) is 5.92 Å². The first-order chi connectivity index (χ1) is 9.29. The fraction of sp³-hybridized carbons (Fsp3) is 0.917. The summed E-state index contributed by atoms with van der Waals surface area (Å²) < 4.78 is 39.9. The Morgan fingerprint density at radius 3 is 2.80 bits per heavy atom. The lowest BCUT2D eigenvalue weighted by atomic mass is 10.1. The van der Waals surface area contributed by atoms with E-state index in [9.17, 15) is 18.0 Å². The van der Waals surface area contributed by atoms with Crippen molar-refractivity contribution in [2.45, 2.75) is 25.3 Å². The predicted molar refractivity (Wildman–Crippen MR) is 72.9 cm³/mol. The zero-order valence-corrected chi connectivity index (χ0v) is 12.5. The molecule has 4 nitrogen and oxygen atoms in total. The van der Waals surface area contributed by atoms with Gasteiger partial charge in [-0.3, -0.25) is 0 Å². The minimum atomic E-state index is -4.32. The van der Waals surface area contributed by atoms with Gasteiger partial charge < -0.3 is 15.0 Å². The van der Waals surface area contributed by atoms with Crippen LogP contribution in [0.4, 0.5) is 18.0 Å². The van der Waals surface area contributed by atoms with Crippen LogP contribution in [-0.2, 0) is 4.74 Å². The van der Waals surface area contributed by atoms with Gasteiger partial charge in [0.2, 0.25) is 0 Å². The van der Waals surface area contributed by atoms with Crippen LogP contribution in [0.2, 0.25) is 0 Å². The summed E-state index contributed by atoms with van der Waals surface area (Å²) in [6.07, 6.45) is -4.32. The van der Waals surface area contributed by atoms with Crippen molar-refractivity contribution in [1.29, 1.82) is 0 Å². The first-order valence-electron chi connectivity index (χ1n) is 6.58. The number of carbonyl (C=O) groups is 1. The molecule has 0 saturated carbocycles. The van der Waals surface area contributed by atoms with Gasteiger partial charge >= 0.3 is 12.2 Å². The summed E-state index contributed by atoms with van der Waals surface area (Å²) in [6, 6.07) is -0.230. The van der Waals surface area contributed by atoms with Crippen molar-refractivity contribution >= 4 is 17.8 Å². The number of hydrogen-bond donors (Lipinski definition) is 1. The minimum absolute atomic E-state index is 0.0882.